The molecule has 0 bridgehead atoms. The van der Waals surface area contributed by atoms with E-state index in [2.05, 4.69) is 37.1 Å². The van der Waals surface area contributed by atoms with Crippen LogP contribution in [-0.2, 0) is 0 Å². The van der Waals surface area contributed by atoms with Gasteiger partial charge in [-0.2, -0.15) is 10.2 Å². The third-order valence-electron chi connectivity index (χ3n) is 2.82. The molecular formula is C13H14BrN3O. The topological polar surface area (TPSA) is 46.8 Å². The van der Waals surface area contributed by atoms with Gasteiger partial charge < -0.3 is 4.74 Å². The first-order chi connectivity index (χ1) is 8.65. The number of pyridine rings is 1. The summed E-state index contributed by atoms with van der Waals surface area (Å²) in [6.45, 7) is 2.48. The van der Waals surface area contributed by atoms with Gasteiger partial charge in [-0.25, -0.2) is 0 Å². The van der Waals surface area contributed by atoms with E-state index in [9.17, 15) is 0 Å². The molecule has 0 saturated carbocycles. The number of rotatable bonds is 6. The molecule has 0 N–H and O–H groups in total. The number of aromatic nitrogens is 1. The van der Waals surface area contributed by atoms with Crippen LogP contribution >= 0.6 is 15.9 Å². The molecule has 2 heterocycles. The zero-order chi connectivity index (χ0) is 13.0. The summed E-state index contributed by atoms with van der Waals surface area (Å²) in [5.74, 6) is 3.40. The van der Waals surface area contributed by atoms with Crippen LogP contribution in [-0.4, -0.2) is 17.3 Å². The molecule has 18 heavy (non-hydrogen) atoms. The first-order valence-corrected chi connectivity index (χ1v) is 6.57. The van der Waals surface area contributed by atoms with Crippen molar-refractivity contribution in [1.29, 1.82) is 0 Å². The minimum atomic E-state index is -0.278. The van der Waals surface area contributed by atoms with Crippen LogP contribution in [0.4, 0.5) is 0 Å². The molecule has 0 aliphatic carbocycles. The van der Waals surface area contributed by atoms with Gasteiger partial charge in [-0.15, -0.1) is 12.3 Å². The van der Waals surface area contributed by atoms with E-state index in [-0.39, 0.29) is 5.66 Å². The largest absolute Gasteiger partial charge is 0.491 e. The van der Waals surface area contributed by atoms with E-state index in [0.717, 1.165) is 28.8 Å². The number of halogens is 1. The summed E-state index contributed by atoms with van der Waals surface area (Å²) in [5.41, 5.74) is 0.597. The van der Waals surface area contributed by atoms with Gasteiger partial charge in [0.2, 0.25) is 0 Å². The maximum Gasteiger partial charge on any atom is 0.195 e. The van der Waals surface area contributed by atoms with E-state index in [1.165, 1.54) is 0 Å². The van der Waals surface area contributed by atoms with Crippen molar-refractivity contribution in [3.8, 4) is 18.1 Å². The maximum absolute atomic E-state index is 5.71. The quantitative estimate of drug-likeness (QED) is 0.755. The van der Waals surface area contributed by atoms with E-state index < -0.39 is 0 Å². The lowest BCUT2D eigenvalue weighted by Crippen LogP contribution is -2.15. The third kappa shape index (κ3) is 3.30. The van der Waals surface area contributed by atoms with E-state index in [4.69, 9.17) is 11.2 Å². The first kappa shape index (κ1) is 13.0. The van der Waals surface area contributed by atoms with Crippen molar-refractivity contribution in [2.45, 2.75) is 31.8 Å². The SMILES string of the molecule is C#CCCC1(CCOc2cc(Br)cnc2C)N=N1. The van der Waals surface area contributed by atoms with Gasteiger partial charge in [0.25, 0.3) is 0 Å². The summed E-state index contributed by atoms with van der Waals surface area (Å²) in [6.07, 6.45) is 9.27. The zero-order valence-corrected chi connectivity index (χ0v) is 11.8. The Hall–Kier alpha value is -1.41. The third-order valence-corrected chi connectivity index (χ3v) is 3.25. The first-order valence-electron chi connectivity index (χ1n) is 5.78. The van der Waals surface area contributed by atoms with Gasteiger partial charge in [-0.3, -0.25) is 4.98 Å². The molecule has 0 aromatic carbocycles. The summed E-state index contributed by atoms with van der Waals surface area (Å²) < 4.78 is 6.62. The fraction of sp³-hybridized carbons (Fsp3) is 0.462. The van der Waals surface area contributed by atoms with Crippen LogP contribution in [0.3, 0.4) is 0 Å². The minimum absolute atomic E-state index is 0.278. The van der Waals surface area contributed by atoms with Gasteiger partial charge in [0.15, 0.2) is 5.66 Å². The highest BCUT2D eigenvalue weighted by Crippen LogP contribution is 2.36. The summed E-state index contributed by atoms with van der Waals surface area (Å²) in [6, 6.07) is 1.91. The Balaban J connectivity index is 1.82. The van der Waals surface area contributed by atoms with Crippen molar-refractivity contribution in [2.24, 2.45) is 10.2 Å². The van der Waals surface area contributed by atoms with E-state index in [1.54, 1.807) is 6.20 Å². The maximum atomic E-state index is 5.71. The molecule has 0 saturated heterocycles. The number of ether oxygens (including phenoxy) is 1. The second-order valence-corrected chi connectivity index (χ2v) is 5.14. The molecule has 94 valence electrons. The predicted octanol–water partition coefficient (Wildman–Crippen LogP) is 3.50. The average Bonchev–Trinajstić information content (AvgIpc) is 3.12. The highest BCUT2D eigenvalue weighted by Gasteiger charge is 2.38. The molecule has 0 amide bonds. The summed E-state index contributed by atoms with van der Waals surface area (Å²) in [7, 11) is 0. The van der Waals surface area contributed by atoms with Crippen LogP contribution < -0.4 is 4.74 Å². The second kappa shape index (κ2) is 5.49. The van der Waals surface area contributed by atoms with E-state index in [1.807, 2.05) is 13.0 Å². The van der Waals surface area contributed by atoms with Gasteiger partial charge in [-0.1, -0.05) is 0 Å². The second-order valence-electron chi connectivity index (χ2n) is 4.22. The highest BCUT2D eigenvalue weighted by atomic mass is 79.9. The Morgan fingerprint density at radius 2 is 2.22 bits per heavy atom. The lowest BCUT2D eigenvalue weighted by Gasteiger charge is -2.11. The average molecular weight is 308 g/mol. The number of hydrogen-bond donors (Lipinski definition) is 0. The van der Waals surface area contributed by atoms with Gasteiger partial charge in [0.1, 0.15) is 5.75 Å². The summed E-state index contributed by atoms with van der Waals surface area (Å²) in [5, 5.41) is 8.13. The molecule has 1 aliphatic rings. The Kier molecular flexibility index (Phi) is 3.97. The van der Waals surface area contributed by atoms with E-state index >= 15 is 0 Å². The molecule has 2 rings (SSSR count). The van der Waals surface area contributed by atoms with Crippen molar-refractivity contribution in [1.82, 2.24) is 4.98 Å². The summed E-state index contributed by atoms with van der Waals surface area (Å²) in [4.78, 5) is 4.21. The van der Waals surface area contributed by atoms with Crippen LogP contribution in [0.5, 0.6) is 5.75 Å². The molecular weight excluding hydrogens is 294 g/mol. The van der Waals surface area contributed by atoms with Crippen molar-refractivity contribution in [2.75, 3.05) is 6.61 Å². The van der Waals surface area contributed by atoms with Gasteiger partial charge in [-0.05, 0) is 28.9 Å². The monoisotopic (exact) mass is 307 g/mol. The number of terminal acetylenes is 1. The Bertz CT molecular complexity index is 501. The van der Waals surface area contributed by atoms with E-state index in [0.29, 0.717) is 13.0 Å². The fourth-order valence-corrected chi connectivity index (χ4v) is 1.94. The molecule has 4 nitrogen and oxygen atoms in total. The van der Waals surface area contributed by atoms with Crippen molar-refractivity contribution >= 4 is 15.9 Å². The van der Waals surface area contributed by atoms with Crippen LogP contribution in [0.15, 0.2) is 27.0 Å². The lowest BCUT2D eigenvalue weighted by molar-refractivity contribution is 0.280. The Labute approximate surface area is 115 Å². The molecule has 0 unspecified atom stereocenters. The number of hydrogen-bond acceptors (Lipinski definition) is 4. The van der Waals surface area contributed by atoms with Crippen LogP contribution in [0, 0.1) is 19.3 Å². The lowest BCUT2D eigenvalue weighted by atomic mass is 10.1. The molecule has 0 fully saturated rings. The summed E-state index contributed by atoms with van der Waals surface area (Å²) >= 11 is 3.37. The zero-order valence-electron chi connectivity index (χ0n) is 10.2. The Morgan fingerprint density at radius 3 is 2.89 bits per heavy atom. The van der Waals surface area contributed by atoms with Crippen LogP contribution in [0.25, 0.3) is 0 Å². The highest BCUT2D eigenvalue weighted by molar-refractivity contribution is 9.10. The Morgan fingerprint density at radius 1 is 1.44 bits per heavy atom. The number of nitrogens with zero attached hydrogens (tertiary/aromatic N) is 3. The van der Waals surface area contributed by atoms with Crippen molar-refractivity contribution in [3.05, 3.63) is 22.4 Å². The standard InChI is InChI=1S/C13H14BrN3O/c1-3-4-5-13(16-17-13)6-7-18-12-8-11(14)9-15-10(12)2/h1,8-9H,4-7H2,2H3. The van der Waals surface area contributed by atoms with Gasteiger partial charge in [0, 0.05) is 29.9 Å². The molecule has 0 radical (unpaired) electrons. The molecule has 0 atom stereocenters. The normalized spacial score (nSPS) is 15.2. The van der Waals surface area contributed by atoms with Gasteiger partial charge >= 0.3 is 0 Å². The molecule has 1 aliphatic heterocycles. The smallest absolute Gasteiger partial charge is 0.195 e. The molecule has 0 spiro atoms. The predicted molar refractivity (Wildman–Crippen MR) is 72.4 cm³/mol. The van der Waals surface area contributed by atoms with Crippen molar-refractivity contribution in [3.63, 3.8) is 0 Å². The number of aryl methyl sites for hydroxylation is 1. The molecule has 1 aromatic rings. The molecule has 1 aromatic heterocycles. The van der Waals surface area contributed by atoms with Gasteiger partial charge in [0.05, 0.1) is 12.3 Å². The molecule has 5 heteroatoms. The minimum Gasteiger partial charge on any atom is -0.491 e. The fourth-order valence-electron chi connectivity index (χ4n) is 1.63. The van der Waals surface area contributed by atoms with Crippen LogP contribution in [0.2, 0.25) is 0 Å². The van der Waals surface area contributed by atoms with Crippen molar-refractivity contribution < 1.29 is 4.74 Å². The van der Waals surface area contributed by atoms with Crippen LogP contribution in [0.1, 0.15) is 25.0 Å².